The molecule has 2 heterocycles. The van der Waals surface area contributed by atoms with Crippen LogP contribution in [-0.4, -0.2) is 15.9 Å². The van der Waals surface area contributed by atoms with Crippen molar-refractivity contribution < 1.29 is 4.79 Å². The fraction of sp³-hybridized carbons (Fsp3) is 0.154. The van der Waals surface area contributed by atoms with E-state index in [1.807, 2.05) is 6.07 Å². The molecule has 5 nitrogen and oxygen atoms in total. The van der Waals surface area contributed by atoms with Crippen LogP contribution in [0.15, 0.2) is 41.5 Å². The van der Waals surface area contributed by atoms with E-state index in [-0.39, 0.29) is 11.0 Å². The number of carbonyl (C=O) groups is 1. The van der Waals surface area contributed by atoms with Gasteiger partial charge in [-0.05, 0) is 19.1 Å². The molecule has 0 bridgehead atoms. The first-order valence-electron chi connectivity index (χ1n) is 5.54. The Morgan fingerprint density at radius 2 is 2.28 bits per heavy atom. The highest BCUT2D eigenvalue weighted by Gasteiger charge is 2.09. The molecule has 0 aliphatic rings. The SMILES string of the molecule is Cc1cc(=O)c(C(=O)NCc2ccccn2)c[nH]1. The summed E-state index contributed by atoms with van der Waals surface area (Å²) in [5.74, 6) is -0.401. The fourth-order valence-electron chi connectivity index (χ4n) is 1.52. The Bertz CT molecular complexity index is 605. The van der Waals surface area contributed by atoms with Crippen molar-refractivity contribution in [3.8, 4) is 0 Å². The lowest BCUT2D eigenvalue weighted by Gasteiger charge is -2.04. The third-order valence-electron chi connectivity index (χ3n) is 2.46. The van der Waals surface area contributed by atoms with E-state index < -0.39 is 5.91 Å². The van der Waals surface area contributed by atoms with Crippen LogP contribution in [-0.2, 0) is 6.54 Å². The highest BCUT2D eigenvalue weighted by molar-refractivity contribution is 5.93. The molecule has 0 fully saturated rings. The number of nitrogens with zero attached hydrogens (tertiary/aromatic N) is 1. The van der Waals surface area contributed by atoms with Gasteiger partial charge in [-0.15, -0.1) is 0 Å². The van der Waals surface area contributed by atoms with E-state index in [1.165, 1.54) is 12.3 Å². The Morgan fingerprint density at radius 1 is 1.44 bits per heavy atom. The summed E-state index contributed by atoms with van der Waals surface area (Å²) in [6.07, 6.45) is 3.07. The molecule has 1 amide bonds. The number of hydrogen-bond acceptors (Lipinski definition) is 3. The van der Waals surface area contributed by atoms with Gasteiger partial charge >= 0.3 is 0 Å². The fourth-order valence-corrected chi connectivity index (χ4v) is 1.52. The van der Waals surface area contributed by atoms with Crippen molar-refractivity contribution in [3.63, 3.8) is 0 Å². The van der Waals surface area contributed by atoms with E-state index >= 15 is 0 Å². The predicted octanol–water partition coefficient (Wildman–Crippen LogP) is 1.01. The second-order valence-electron chi connectivity index (χ2n) is 3.90. The monoisotopic (exact) mass is 243 g/mol. The summed E-state index contributed by atoms with van der Waals surface area (Å²) in [6.45, 7) is 2.06. The number of amides is 1. The van der Waals surface area contributed by atoms with E-state index in [4.69, 9.17) is 0 Å². The zero-order chi connectivity index (χ0) is 13.0. The molecule has 2 rings (SSSR count). The molecule has 0 atom stereocenters. The molecule has 0 spiro atoms. The van der Waals surface area contributed by atoms with Gasteiger partial charge in [0.1, 0.15) is 5.56 Å². The Hall–Kier alpha value is -2.43. The van der Waals surface area contributed by atoms with Crippen LogP contribution in [0.3, 0.4) is 0 Å². The largest absolute Gasteiger partial charge is 0.364 e. The first-order valence-corrected chi connectivity index (χ1v) is 5.54. The summed E-state index contributed by atoms with van der Waals surface area (Å²) in [7, 11) is 0. The number of carbonyl (C=O) groups excluding carboxylic acids is 1. The van der Waals surface area contributed by atoms with Crippen LogP contribution in [0.5, 0.6) is 0 Å². The first-order chi connectivity index (χ1) is 8.66. The van der Waals surface area contributed by atoms with Crippen molar-refractivity contribution in [3.05, 3.63) is 63.8 Å². The maximum Gasteiger partial charge on any atom is 0.257 e. The molecule has 5 heteroatoms. The van der Waals surface area contributed by atoms with Crippen LogP contribution < -0.4 is 10.7 Å². The van der Waals surface area contributed by atoms with Crippen LogP contribution in [0.1, 0.15) is 21.7 Å². The van der Waals surface area contributed by atoms with Gasteiger partial charge in [-0.3, -0.25) is 14.6 Å². The summed E-state index contributed by atoms with van der Waals surface area (Å²) in [4.78, 5) is 30.3. The zero-order valence-corrected chi connectivity index (χ0v) is 9.93. The van der Waals surface area contributed by atoms with Gasteiger partial charge in [0, 0.05) is 24.2 Å². The number of aromatic nitrogens is 2. The standard InChI is InChI=1S/C13H13N3O2/c1-9-6-12(17)11(8-15-9)13(18)16-7-10-4-2-3-5-14-10/h2-6,8H,7H2,1H3,(H,15,17)(H,16,18). The second kappa shape index (κ2) is 5.27. The molecule has 0 saturated carbocycles. The molecule has 92 valence electrons. The minimum atomic E-state index is -0.401. The van der Waals surface area contributed by atoms with E-state index in [9.17, 15) is 9.59 Å². The van der Waals surface area contributed by atoms with Gasteiger partial charge in [0.05, 0.1) is 12.2 Å². The van der Waals surface area contributed by atoms with E-state index in [1.54, 1.807) is 25.3 Å². The van der Waals surface area contributed by atoms with Crippen LogP contribution in [0, 0.1) is 6.92 Å². The molecule has 2 aromatic rings. The number of pyridine rings is 2. The number of aromatic amines is 1. The van der Waals surface area contributed by atoms with Crippen molar-refractivity contribution in [2.75, 3.05) is 0 Å². The van der Waals surface area contributed by atoms with Gasteiger partial charge < -0.3 is 10.3 Å². The van der Waals surface area contributed by atoms with Crippen molar-refractivity contribution in [1.29, 1.82) is 0 Å². The van der Waals surface area contributed by atoms with E-state index in [0.717, 1.165) is 11.4 Å². The Labute approximate surface area is 104 Å². The number of H-pyrrole nitrogens is 1. The van der Waals surface area contributed by atoms with Crippen LogP contribution in [0.2, 0.25) is 0 Å². The number of hydrogen-bond donors (Lipinski definition) is 2. The molecule has 18 heavy (non-hydrogen) atoms. The molecule has 0 aliphatic heterocycles. The summed E-state index contributed by atoms with van der Waals surface area (Å²) in [5, 5.41) is 2.65. The van der Waals surface area contributed by atoms with Gasteiger partial charge in [-0.1, -0.05) is 6.07 Å². The molecule has 2 N–H and O–H groups in total. The highest BCUT2D eigenvalue weighted by atomic mass is 16.2. The van der Waals surface area contributed by atoms with E-state index in [0.29, 0.717) is 6.54 Å². The van der Waals surface area contributed by atoms with Crippen molar-refractivity contribution in [2.45, 2.75) is 13.5 Å². The van der Waals surface area contributed by atoms with Gasteiger partial charge in [0.15, 0.2) is 5.43 Å². The molecule has 0 aliphatic carbocycles. The average Bonchev–Trinajstić information content (AvgIpc) is 2.37. The van der Waals surface area contributed by atoms with Gasteiger partial charge in [-0.25, -0.2) is 0 Å². The molecule has 0 unspecified atom stereocenters. The quantitative estimate of drug-likeness (QED) is 0.844. The summed E-state index contributed by atoms with van der Waals surface area (Å²) < 4.78 is 0. The molecule has 0 saturated heterocycles. The third kappa shape index (κ3) is 2.82. The Balaban J connectivity index is 2.06. The molecular formula is C13H13N3O2. The minimum absolute atomic E-state index is 0.108. The topological polar surface area (TPSA) is 74.8 Å². The van der Waals surface area contributed by atoms with Crippen molar-refractivity contribution in [1.82, 2.24) is 15.3 Å². The number of rotatable bonds is 3. The van der Waals surface area contributed by atoms with Gasteiger partial charge in [0.2, 0.25) is 0 Å². The third-order valence-corrected chi connectivity index (χ3v) is 2.46. The summed E-state index contributed by atoms with van der Waals surface area (Å²) in [6, 6.07) is 6.85. The summed E-state index contributed by atoms with van der Waals surface area (Å²) >= 11 is 0. The molecule has 2 aromatic heterocycles. The molecule has 0 aromatic carbocycles. The predicted molar refractivity (Wildman–Crippen MR) is 67.2 cm³/mol. The summed E-state index contributed by atoms with van der Waals surface area (Å²) in [5.41, 5.74) is 1.29. The van der Waals surface area contributed by atoms with E-state index in [2.05, 4.69) is 15.3 Å². The highest BCUT2D eigenvalue weighted by Crippen LogP contribution is 1.95. The van der Waals surface area contributed by atoms with Crippen LogP contribution in [0.4, 0.5) is 0 Å². The van der Waals surface area contributed by atoms with Crippen molar-refractivity contribution in [2.24, 2.45) is 0 Å². The van der Waals surface area contributed by atoms with Gasteiger partial charge in [-0.2, -0.15) is 0 Å². The number of nitrogens with one attached hydrogen (secondary N) is 2. The second-order valence-corrected chi connectivity index (χ2v) is 3.90. The number of aryl methyl sites for hydroxylation is 1. The van der Waals surface area contributed by atoms with Crippen LogP contribution >= 0.6 is 0 Å². The lowest BCUT2D eigenvalue weighted by atomic mass is 10.2. The average molecular weight is 243 g/mol. The Kier molecular flexibility index (Phi) is 3.52. The lowest BCUT2D eigenvalue weighted by Crippen LogP contribution is -2.28. The lowest BCUT2D eigenvalue weighted by molar-refractivity contribution is 0.0949. The Morgan fingerprint density at radius 3 is 2.94 bits per heavy atom. The zero-order valence-electron chi connectivity index (χ0n) is 9.93. The van der Waals surface area contributed by atoms with Crippen LogP contribution in [0.25, 0.3) is 0 Å². The van der Waals surface area contributed by atoms with Crippen molar-refractivity contribution >= 4 is 5.91 Å². The maximum absolute atomic E-state index is 11.8. The smallest absolute Gasteiger partial charge is 0.257 e. The molecular weight excluding hydrogens is 230 g/mol. The first kappa shape index (κ1) is 12.0. The molecule has 0 radical (unpaired) electrons. The normalized spacial score (nSPS) is 10.1. The van der Waals surface area contributed by atoms with Gasteiger partial charge in [0.25, 0.3) is 5.91 Å². The minimum Gasteiger partial charge on any atom is -0.364 e. The maximum atomic E-state index is 11.8.